The molecule has 1 atom stereocenters. The van der Waals surface area contributed by atoms with Crippen LogP contribution in [0.15, 0.2) is 0 Å². The molecule has 160 valence electrons. The first-order chi connectivity index (χ1) is 13.1. The van der Waals surface area contributed by atoms with Crippen LogP contribution >= 0.6 is 0 Å². The Morgan fingerprint density at radius 1 is 0.667 bits per heavy atom. The SMILES string of the molecule is CCCCCCCCCCCCCCC(=O)OC(CCC)CCCC(=O)O. The Hall–Kier alpha value is -1.06. The Kier molecular flexibility index (Phi) is 18.9. The maximum absolute atomic E-state index is 12.0. The summed E-state index contributed by atoms with van der Waals surface area (Å²) in [7, 11) is 0. The molecule has 1 N–H and O–H groups in total. The van der Waals surface area contributed by atoms with Gasteiger partial charge in [0.15, 0.2) is 0 Å². The van der Waals surface area contributed by atoms with E-state index in [1.54, 1.807) is 0 Å². The van der Waals surface area contributed by atoms with Gasteiger partial charge in [-0.1, -0.05) is 90.9 Å². The second-order valence-electron chi connectivity index (χ2n) is 7.83. The first kappa shape index (κ1) is 25.9. The molecule has 0 amide bonds. The summed E-state index contributed by atoms with van der Waals surface area (Å²) in [6, 6.07) is 0. The zero-order valence-electron chi connectivity index (χ0n) is 18.0. The van der Waals surface area contributed by atoms with Crippen molar-refractivity contribution in [3.8, 4) is 0 Å². The van der Waals surface area contributed by atoms with E-state index in [1.165, 1.54) is 64.2 Å². The number of carboxylic acids is 1. The van der Waals surface area contributed by atoms with Gasteiger partial charge in [0.25, 0.3) is 0 Å². The van der Waals surface area contributed by atoms with Gasteiger partial charge < -0.3 is 9.84 Å². The summed E-state index contributed by atoms with van der Waals surface area (Å²) in [6.45, 7) is 4.31. The molecule has 1 unspecified atom stereocenters. The number of carbonyl (C=O) groups excluding carboxylic acids is 1. The van der Waals surface area contributed by atoms with Crippen LogP contribution in [0.5, 0.6) is 0 Å². The molecule has 4 heteroatoms. The zero-order valence-corrected chi connectivity index (χ0v) is 18.0. The van der Waals surface area contributed by atoms with Crippen molar-refractivity contribution < 1.29 is 19.4 Å². The fourth-order valence-corrected chi connectivity index (χ4v) is 3.42. The van der Waals surface area contributed by atoms with Gasteiger partial charge in [-0.15, -0.1) is 0 Å². The Morgan fingerprint density at radius 2 is 1.19 bits per heavy atom. The molecular formula is C23H44O4. The maximum Gasteiger partial charge on any atom is 0.306 e. The Balaban J connectivity index is 3.53. The summed E-state index contributed by atoms with van der Waals surface area (Å²) in [5, 5.41) is 8.71. The van der Waals surface area contributed by atoms with E-state index in [9.17, 15) is 9.59 Å². The molecule has 0 aromatic rings. The standard InChI is InChI=1S/C23H44O4/c1-3-5-6-7-8-9-10-11-12-13-14-15-20-23(26)27-21(17-4-2)18-16-19-22(24)25/h21H,3-20H2,1-2H3,(H,24,25). The highest BCUT2D eigenvalue weighted by Gasteiger charge is 2.14. The molecule has 0 aromatic heterocycles. The minimum absolute atomic E-state index is 0.112. The molecule has 0 saturated heterocycles. The Morgan fingerprint density at radius 3 is 1.67 bits per heavy atom. The van der Waals surface area contributed by atoms with Gasteiger partial charge in [-0.2, -0.15) is 0 Å². The molecule has 0 aliphatic carbocycles. The lowest BCUT2D eigenvalue weighted by Crippen LogP contribution is -2.18. The Bertz CT molecular complexity index is 354. The lowest BCUT2D eigenvalue weighted by atomic mass is 10.0. The Labute approximate surface area is 167 Å². The normalized spacial score (nSPS) is 12.1. The van der Waals surface area contributed by atoms with E-state index >= 15 is 0 Å². The molecule has 0 radical (unpaired) electrons. The molecule has 0 aliphatic rings. The molecule has 0 spiro atoms. The number of unbranched alkanes of at least 4 members (excludes halogenated alkanes) is 11. The summed E-state index contributed by atoms with van der Waals surface area (Å²) in [4.78, 5) is 22.6. The van der Waals surface area contributed by atoms with E-state index in [0.717, 1.165) is 25.7 Å². The van der Waals surface area contributed by atoms with E-state index in [4.69, 9.17) is 9.84 Å². The van der Waals surface area contributed by atoms with Crippen molar-refractivity contribution in [3.05, 3.63) is 0 Å². The van der Waals surface area contributed by atoms with Crippen LogP contribution in [0.1, 0.15) is 129 Å². The van der Waals surface area contributed by atoms with Crippen LogP contribution in [0, 0.1) is 0 Å². The van der Waals surface area contributed by atoms with E-state index in [1.807, 2.05) is 0 Å². The van der Waals surface area contributed by atoms with Crippen molar-refractivity contribution in [3.63, 3.8) is 0 Å². The first-order valence-electron chi connectivity index (χ1n) is 11.5. The molecule has 0 heterocycles. The zero-order chi connectivity index (χ0) is 20.2. The van der Waals surface area contributed by atoms with Gasteiger partial charge in [0.05, 0.1) is 0 Å². The molecule has 0 rings (SSSR count). The van der Waals surface area contributed by atoms with Crippen LogP contribution in [0.2, 0.25) is 0 Å². The third-order valence-corrected chi connectivity index (χ3v) is 5.06. The lowest BCUT2D eigenvalue weighted by molar-refractivity contribution is -0.150. The van der Waals surface area contributed by atoms with E-state index < -0.39 is 5.97 Å². The third-order valence-electron chi connectivity index (χ3n) is 5.06. The van der Waals surface area contributed by atoms with Gasteiger partial charge in [0.1, 0.15) is 6.10 Å². The van der Waals surface area contributed by atoms with Gasteiger partial charge >= 0.3 is 11.9 Å². The summed E-state index contributed by atoms with van der Waals surface area (Å²) in [5.74, 6) is -0.899. The third kappa shape index (κ3) is 19.5. The number of rotatable bonds is 20. The van der Waals surface area contributed by atoms with E-state index in [0.29, 0.717) is 19.3 Å². The topological polar surface area (TPSA) is 63.6 Å². The van der Waals surface area contributed by atoms with Gasteiger partial charge in [-0.3, -0.25) is 9.59 Å². The van der Waals surface area contributed by atoms with Gasteiger partial charge in [0.2, 0.25) is 0 Å². The highest BCUT2D eigenvalue weighted by molar-refractivity contribution is 5.69. The van der Waals surface area contributed by atoms with Gasteiger partial charge in [-0.05, 0) is 25.7 Å². The lowest BCUT2D eigenvalue weighted by Gasteiger charge is -2.17. The molecule has 4 nitrogen and oxygen atoms in total. The number of aliphatic carboxylic acids is 1. The van der Waals surface area contributed by atoms with Crippen LogP contribution in [-0.2, 0) is 14.3 Å². The molecule has 27 heavy (non-hydrogen) atoms. The molecule has 0 fully saturated rings. The predicted molar refractivity (Wildman–Crippen MR) is 112 cm³/mol. The van der Waals surface area contributed by atoms with Crippen LogP contribution in [-0.4, -0.2) is 23.1 Å². The van der Waals surface area contributed by atoms with Crippen LogP contribution in [0.25, 0.3) is 0 Å². The summed E-state index contributed by atoms with van der Waals surface area (Å²) in [5.41, 5.74) is 0. The maximum atomic E-state index is 12.0. The largest absolute Gasteiger partial charge is 0.481 e. The molecule has 0 aliphatic heterocycles. The number of carbonyl (C=O) groups is 2. The quantitative estimate of drug-likeness (QED) is 0.180. The second-order valence-corrected chi connectivity index (χ2v) is 7.83. The van der Waals surface area contributed by atoms with E-state index in [2.05, 4.69) is 13.8 Å². The van der Waals surface area contributed by atoms with Crippen LogP contribution in [0.4, 0.5) is 0 Å². The first-order valence-corrected chi connectivity index (χ1v) is 11.5. The minimum atomic E-state index is -0.784. The van der Waals surface area contributed by atoms with Gasteiger partial charge in [-0.25, -0.2) is 0 Å². The number of esters is 1. The van der Waals surface area contributed by atoms with Crippen molar-refractivity contribution >= 4 is 11.9 Å². The monoisotopic (exact) mass is 384 g/mol. The number of hydrogen-bond donors (Lipinski definition) is 1. The summed E-state index contributed by atoms with van der Waals surface area (Å²) in [6.07, 6.45) is 18.9. The number of ether oxygens (including phenoxy) is 1. The second kappa shape index (κ2) is 19.7. The predicted octanol–water partition coefficient (Wildman–Crippen LogP) is 7.04. The summed E-state index contributed by atoms with van der Waals surface area (Å²) >= 11 is 0. The van der Waals surface area contributed by atoms with Crippen molar-refractivity contribution in [1.29, 1.82) is 0 Å². The highest BCUT2D eigenvalue weighted by Crippen LogP contribution is 2.15. The van der Waals surface area contributed by atoms with E-state index in [-0.39, 0.29) is 18.5 Å². The highest BCUT2D eigenvalue weighted by atomic mass is 16.5. The fourth-order valence-electron chi connectivity index (χ4n) is 3.42. The minimum Gasteiger partial charge on any atom is -0.481 e. The average Bonchev–Trinajstić information content (AvgIpc) is 2.62. The number of hydrogen-bond acceptors (Lipinski definition) is 3. The van der Waals surface area contributed by atoms with Crippen LogP contribution in [0.3, 0.4) is 0 Å². The molecule has 0 aromatic carbocycles. The molecule has 0 bridgehead atoms. The van der Waals surface area contributed by atoms with Crippen molar-refractivity contribution in [1.82, 2.24) is 0 Å². The number of carboxylic acid groups (broad SMARTS) is 1. The average molecular weight is 385 g/mol. The smallest absolute Gasteiger partial charge is 0.306 e. The van der Waals surface area contributed by atoms with Crippen molar-refractivity contribution in [2.75, 3.05) is 0 Å². The van der Waals surface area contributed by atoms with Gasteiger partial charge in [0, 0.05) is 12.8 Å². The summed E-state index contributed by atoms with van der Waals surface area (Å²) < 4.78 is 5.54. The van der Waals surface area contributed by atoms with Crippen LogP contribution < -0.4 is 0 Å². The van der Waals surface area contributed by atoms with Crippen molar-refractivity contribution in [2.24, 2.45) is 0 Å². The molecule has 0 saturated carbocycles. The molecular weight excluding hydrogens is 340 g/mol. The van der Waals surface area contributed by atoms with Crippen molar-refractivity contribution in [2.45, 2.75) is 136 Å². The fraction of sp³-hybridized carbons (Fsp3) is 0.913.